The summed E-state index contributed by atoms with van der Waals surface area (Å²) in [7, 11) is 1.56. The molecule has 0 bridgehead atoms. The molecule has 0 aromatic carbocycles. The number of rotatable bonds is 7. The molecule has 1 amide bonds. The van der Waals surface area contributed by atoms with E-state index in [9.17, 15) is 4.79 Å². The number of nitrogens with two attached hydrogens (primary N) is 1. The molecule has 8 heteroatoms. The summed E-state index contributed by atoms with van der Waals surface area (Å²) in [5.74, 6) is -0.124. The number of amides is 1. The summed E-state index contributed by atoms with van der Waals surface area (Å²) in [6.45, 7) is 1.15. The van der Waals surface area contributed by atoms with Crippen LogP contribution in [0.5, 0.6) is 0 Å². The van der Waals surface area contributed by atoms with Crippen molar-refractivity contribution in [1.82, 2.24) is 15.1 Å². The molecule has 0 aliphatic heterocycles. The van der Waals surface area contributed by atoms with Crippen molar-refractivity contribution in [3.63, 3.8) is 0 Å². The van der Waals surface area contributed by atoms with E-state index >= 15 is 0 Å². The van der Waals surface area contributed by atoms with Crippen LogP contribution in [0, 0.1) is 0 Å². The molecule has 3 N–H and O–H groups in total. The molecule has 1 aromatic rings. The summed E-state index contributed by atoms with van der Waals surface area (Å²) in [5.41, 5.74) is 5.83. The van der Waals surface area contributed by atoms with E-state index in [1.54, 1.807) is 18.1 Å². The van der Waals surface area contributed by atoms with Crippen LogP contribution in [0.4, 0.5) is 0 Å². The molecule has 8 nitrogen and oxygen atoms in total. The SMILES string of the molecule is COCCN(CC/C(N)=N/O)C(=O)c1ccnnc1. The average Bonchev–Trinajstić information content (AvgIpc) is 2.47. The van der Waals surface area contributed by atoms with Gasteiger partial charge in [-0.15, -0.1) is 0 Å². The van der Waals surface area contributed by atoms with Crippen molar-refractivity contribution in [1.29, 1.82) is 0 Å². The van der Waals surface area contributed by atoms with E-state index in [1.165, 1.54) is 12.4 Å². The van der Waals surface area contributed by atoms with Crippen molar-refractivity contribution in [2.45, 2.75) is 6.42 Å². The largest absolute Gasteiger partial charge is 0.409 e. The van der Waals surface area contributed by atoms with Gasteiger partial charge in [-0.1, -0.05) is 5.16 Å². The van der Waals surface area contributed by atoms with Crippen LogP contribution in [-0.4, -0.2) is 58.9 Å². The Labute approximate surface area is 110 Å². The molecular formula is C11H17N5O3. The molecule has 104 valence electrons. The molecule has 1 heterocycles. The van der Waals surface area contributed by atoms with Gasteiger partial charge in [0.05, 0.1) is 24.6 Å². The standard InChI is InChI=1S/C11H17N5O3/c1-19-7-6-16(5-3-10(12)15-18)11(17)9-2-4-13-14-8-9/h2,4,8,18H,3,5-7H2,1H3,(H2,12,15). The van der Waals surface area contributed by atoms with Crippen LogP contribution in [0.25, 0.3) is 0 Å². The first-order chi connectivity index (χ1) is 9.19. The van der Waals surface area contributed by atoms with Crippen LogP contribution in [-0.2, 0) is 4.74 Å². The van der Waals surface area contributed by atoms with Gasteiger partial charge in [0.1, 0.15) is 5.84 Å². The lowest BCUT2D eigenvalue weighted by Gasteiger charge is -2.21. The maximum Gasteiger partial charge on any atom is 0.255 e. The Morgan fingerprint density at radius 2 is 2.32 bits per heavy atom. The highest BCUT2D eigenvalue weighted by atomic mass is 16.5. The van der Waals surface area contributed by atoms with E-state index in [0.717, 1.165) is 0 Å². The first-order valence-corrected chi connectivity index (χ1v) is 5.70. The zero-order valence-electron chi connectivity index (χ0n) is 10.7. The number of oxime groups is 1. The number of carbonyl (C=O) groups is 1. The summed E-state index contributed by atoms with van der Waals surface area (Å²) in [6, 6.07) is 1.58. The van der Waals surface area contributed by atoms with Gasteiger partial charge in [-0.05, 0) is 6.07 Å². The van der Waals surface area contributed by atoms with Gasteiger partial charge in [0, 0.05) is 26.6 Å². The quantitative estimate of drug-likeness (QED) is 0.303. The molecule has 1 rings (SSSR count). The molecule has 0 saturated heterocycles. The monoisotopic (exact) mass is 267 g/mol. The third-order valence-corrected chi connectivity index (χ3v) is 2.45. The van der Waals surface area contributed by atoms with Gasteiger partial charge in [-0.3, -0.25) is 4.79 Å². The smallest absolute Gasteiger partial charge is 0.255 e. The van der Waals surface area contributed by atoms with Crippen LogP contribution >= 0.6 is 0 Å². The van der Waals surface area contributed by atoms with Gasteiger partial charge in [0.2, 0.25) is 0 Å². The summed E-state index contributed by atoms with van der Waals surface area (Å²) >= 11 is 0. The predicted molar refractivity (Wildman–Crippen MR) is 67.8 cm³/mol. The second-order valence-corrected chi connectivity index (χ2v) is 3.76. The minimum absolute atomic E-state index is 0.0723. The Hall–Kier alpha value is -2.22. The Morgan fingerprint density at radius 1 is 1.53 bits per heavy atom. The highest BCUT2D eigenvalue weighted by Crippen LogP contribution is 2.03. The van der Waals surface area contributed by atoms with Crippen molar-refractivity contribution < 1.29 is 14.7 Å². The van der Waals surface area contributed by atoms with Crippen LogP contribution in [0.2, 0.25) is 0 Å². The van der Waals surface area contributed by atoms with Crippen molar-refractivity contribution in [2.75, 3.05) is 26.8 Å². The molecule has 0 spiro atoms. The lowest BCUT2D eigenvalue weighted by molar-refractivity contribution is 0.0700. The Kier molecular flexibility index (Phi) is 6.23. The molecule has 0 atom stereocenters. The van der Waals surface area contributed by atoms with Crippen LogP contribution in [0.15, 0.2) is 23.6 Å². The second kappa shape index (κ2) is 7.98. The van der Waals surface area contributed by atoms with E-state index in [1.807, 2.05) is 0 Å². The van der Waals surface area contributed by atoms with Crippen molar-refractivity contribution in [3.05, 3.63) is 24.0 Å². The zero-order chi connectivity index (χ0) is 14.1. The molecule has 0 aliphatic carbocycles. The van der Waals surface area contributed by atoms with Crippen molar-refractivity contribution >= 4 is 11.7 Å². The fraction of sp³-hybridized carbons (Fsp3) is 0.455. The first kappa shape index (κ1) is 14.8. The van der Waals surface area contributed by atoms with Crippen LogP contribution in [0.1, 0.15) is 16.8 Å². The fourth-order valence-corrected chi connectivity index (χ4v) is 1.42. The van der Waals surface area contributed by atoms with Gasteiger partial charge < -0.3 is 20.6 Å². The van der Waals surface area contributed by atoms with Gasteiger partial charge in [-0.2, -0.15) is 10.2 Å². The molecule has 0 aliphatic rings. The fourth-order valence-electron chi connectivity index (χ4n) is 1.42. The summed E-state index contributed by atoms with van der Waals surface area (Å²) in [5, 5.41) is 18.7. The summed E-state index contributed by atoms with van der Waals surface area (Å²) in [4.78, 5) is 13.8. The van der Waals surface area contributed by atoms with Crippen LogP contribution in [0.3, 0.4) is 0 Å². The van der Waals surface area contributed by atoms with E-state index in [4.69, 9.17) is 15.7 Å². The number of carbonyl (C=O) groups excluding carboxylic acids is 1. The molecule has 1 aromatic heterocycles. The van der Waals surface area contributed by atoms with E-state index in [0.29, 0.717) is 25.3 Å². The van der Waals surface area contributed by atoms with Crippen molar-refractivity contribution in [3.8, 4) is 0 Å². The molecule has 0 saturated carbocycles. The average molecular weight is 267 g/mol. The number of methoxy groups -OCH3 is 1. The van der Waals surface area contributed by atoms with Gasteiger partial charge in [-0.25, -0.2) is 0 Å². The van der Waals surface area contributed by atoms with Gasteiger partial charge in [0.25, 0.3) is 5.91 Å². The Balaban J connectivity index is 2.70. The number of ether oxygens (including phenoxy) is 1. The minimum atomic E-state index is -0.197. The minimum Gasteiger partial charge on any atom is -0.409 e. The highest BCUT2D eigenvalue weighted by Gasteiger charge is 2.16. The maximum atomic E-state index is 12.2. The van der Waals surface area contributed by atoms with Gasteiger partial charge >= 0.3 is 0 Å². The second-order valence-electron chi connectivity index (χ2n) is 3.76. The zero-order valence-corrected chi connectivity index (χ0v) is 10.7. The lowest BCUT2D eigenvalue weighted by atomic mass is 10.2. The molecular weight excluding hydrogens is 250 g/mol. The maximum absolute atomic E-state index is 12.2. The normalized spacial score (nSPS) is 11.3. The summed E-state index contributed by atoms with van der Waals surface area (Å²) < 4.78 is 4.96. The highest BCUT2D eigenvalue weighted by molar-refractivity contribution is 5.94. The third kappa shape index (κ3) is 4.88. The third-order valence-electron chi connectivity index (χ3n) is 2.45. The van der Waals surface area contributed by atoms with Crippen molar-refractivity contribution in [2.24, 2.45) is 10.9 Å². The molecule has 0 radical (unpaired) electrons. The van der Waals surface area contributed by atoms with Crippen LogP contribution < -0.4 is 5.73 Å². The number of hydrogen-bond donors (Lipinski definition) is 2. The summed E-state index contributed by atoms with van der Waals surface area (Å²) in [6.07, 6.45) is 3.13. The van der Waals surface area contributed by atoms with E-state index < -0.39 is 0 Å². The number of amidine groups is 1. The predicted octanol–water partition coefficient (Wildman–Crippen LogP) is -0.298. The van der Waals surface area contributed by atoms with E-state index in [2.05, 4.69) is 15.4 Å². The molecule has 0 unspecified atom stereocenters. The van der Waals surface area contributed by atoms with Gasteiger partial charge in [0.15, 0.2) is 0 Å². The number of aromatic nitrogens is 2. The molecule has 19 heavy (non-hydrogen) atoms. The number of hydrogen-bond acceptors (Lipinski definition) is 6. The Morgan fingerprint density at radius 3 is 2.89 bits per heavy atom. The lowest BCUT2D eigenvalue weighted by Crippen LogP contribution is -2.36. The Bertz CT molecular complexity index is 424. The first-order valence-electron chi connectivity index (χ1n) is 5.70. The topological polar surface area (TPSA) is 114 Å². The van der Waals surface area contributed by atoms with E-state index in [-0.39, 0.29) is 18.2 Å². The molecule has 0 fully saturated rings. The number of nitrogens with zero attached hydrogens (tertiary/aromatic N) is 4.